The van der Waals surface area contributed by atoms with Gasteiger partial charge in [-0.25, -0.2) is 13.8 Å². The molecular weight excluding hydrogens is 436 g/mol. The van der Waals surface area contributed by atoms with Gasteiger partial charge in [0.2, 0.25) is 0 Å². The zero-order valence-corrected chi connectivity index (χ0v) is 18.7. The first-order valence-corrected chi connectivity index (χ1v) is 11.4. The molecule has 10 heteroatoms. The molecule has 0 unspecified atom stereocenters. The Hall–Kier alpha value is -2.90. The molecule has 1 aromatic heterocycles. The van der Waals surface area contributed by atoms with Crippen LogP contribution in [-0.4, -0.2) is 48.5 Å². The van der Waals surface area contributed by atoms with Crippen LogP contribution in [0.2, 0.25) is 0 Å². The summed E-state index contributed by atoms with van der Waals surface area (Å²) in [7, 11) is 1.86. The van der Waals surface area contributed by atoms with Gasteiger partial charge in [-0.15, -0.1) is 11.8 Å². The molecule has 0 aliphatic carbocycles. The van der Waals surface area contributed by atoms with E-state index in [1.165, 1.54) is 17.8 Å². The van der Waals surface area contributed by atoms with E-state index in [0.29, 0.717) is 31.0 Å². The van der Waals surface area contributed by atoms with Gasteiger partial charge in [-0.2, -0.15) is 5.26 Å². The fourth-order valence-corrected chi connectivity index (χ4v) is 4.22. The number of pyridine rings is 1. The number of rotatable bonds is 9. The third kappa shape index (κ3) is 5.47. The van der Waals surface area contributed by atoms with Crippen LogP contribution >= 0.6 is 11.8 Å². The van der Waals surface area contributed by atoms with Crippen LogP contribution < -0.4 is 15.5 Å². The number of nitrogens with zero attached hydrogens (tertiary/aromatic N) is 3. The molecule has 1 aliphatic heterocycles. The lowest BCUT2D eigenvalue weighted by molar-refractivity contribution is -0.136. The number of likely N-dealkylation sites (N-methyl/N-ethyl adjacent to an activating group) is 1. The smallest absolute Gasteiger partial charge is 0.303 e. The molecule has 0 spiro atoms. The maximum absolute atomic E-state index is 13.8. The van der Waals surface area contributed by atoms with E-state index in [1.54, 1.807) is 6.07 Å². The number of thioether (sulfide) groups is 1. The van der Waals surface area contributed by atoms with Crippen LogP contribution in [0, 0.1) is 11.3 Å². The number of nitrogens with one attached hydrogen (secondary N) is 2. The van der Waals surface area contributed by atoms with Gasteiger partial charge in [-0.3, -0.25) is 4.79 Å². The number of aliphatic carboxylic acids is 1. The Kier molecular flexibility index (Phi) is 7.88. The van der Waals surface area contributed by atoms with Gasteiger partial charge in [0.15, 0.2) is 5.82 Å². The lowest BCUT2D eigenvalue weighted by Crippen LogP contribution is -2.30. The molecule has 3 N–H and O–H groups in total. The van der Waals surface area contributed by atoms with Crippen molar-refractivity contribution in [2.24, 2.45) is 0 Å². The van der Waals surface area contributed by atoms with Gasteiger partial charge in [-0.1, -0.05) is 6.07 Å². The van der Waals surface area contributed by atoms with Gasteiger partial charge in [0.1, 0.15) is 17.5 Å². The van der Waals surface area contributed by atoms with Gasteiger partial charge >= 0.3 is 5.97 Å². The van der Waals surface area contributed by atoms with Crippen molar-refractivity contribution < 1.29 is 18.7 Å². The van der Waals surface area contributed by atoms with E-state index in [0.717, 1.165) is 16.9 Å². The molecular formula is C22H25F2N5O2S. The quantitative estimate of drug-likeness (QED) is 0.479. The Morgan fingerprint density at radius 1 is 1.44 bits per heavy atom. The van der Waals surface area contributed by atoms with E-state index < -0.39 is 12.4 Å². The second kappa shape index (κ2) is 10.6. The van der Waals surface area contributed by atoms with Crippen LogP contribution in [-0.2, 0) is 11.2 Å². The van der Waals surface area contributed by atoms with E-state index in [2.05, 4.69) is 15.6 Å². The number of hydrogen-bond acceptors (Lipinski definition) is 7. The first-order valence-electron chi connectivity index (χ1n) is 10.2. The van der Waals surface area contributed by atoms with E-state index in [4.69, 9.17) is 5.11 Å². The fraction of sp³-hybridized carbons (Fsp3) is 0.409. The Morgan fingerprint density at radius 3 is 2.81 bits per heavy atom. The molecule has 1 aromatic carbocycles. The van der Waals surface area contributed by atoms with E-state index in [1.807, 2.05) is 36.4 Å². The molecule has 2 aromatic rings. The number of carboxylic acid groups (broad SMARTS) is 1. The van der Waals surface area contributed by atoms with E-state index in [-0.39, 0.29) is 29.4 Å². The minimum Gasteiger partial charge on any atom is -0.481 e. The lowest BCUT2D eigenvalue weighted by atomic mass is 10.1. The number of hydrogen-bond donors (Lipinski definition) is 3. The standard InChI is InChI=1S/C22H25F2N5O2S/c1-26-14-7-8-29(12-14)19-10-15(21(23)24)16(11-25)22(28-19)27-17-9-13(4-6-20(30)31)3-5-18(17)32-2/h3,5,9-10,14,21,26H,4,6-8,12H2,1-2H3,(H,27,28)(H,30,31)/t14-/m1/s1. The summed E-state index contributed by atoms with van der Waals surface area (Å²) in [5, 5.41) is 24.9. The predicted octanol–water partition coefficient (Wildman–Crippen LogP) is 4.17. The van der Waals surface area contributed by atoms with Crippen LogP contribution in [0.3, 0.4) is 0 Å². The molecule has 7 nitrogen and oxygen atoms in total. The zero-order chi connectivity index (χ0) is 23.3. The normalized spacial score (nSPS) is 15.8. The second-order valence-corrected chi connectivity index (χ2v) is 8.33. The van der Waals surface area contributed by atoms with Gasteiger partial charge in [0, 0.05) is 36.0 Å². The molecule has 1 saturated heterocycles. The molecule has 170 valence electrons. The molecule has 1 fully saturated rings. The Morgan fingerprint density at radius 2 is 2.22 bits per heavy atom. The van der Waals surface area contributed by atoms with Crippen LogP contribution in [0.1, 0.15) is 36.0 Å². The summed E-state index contributed by atoms with van der Waals surface area (Å²) in [6, 6.07) is 8.87. The zero-order valence-electron chi connectivity index (χ0n) is 17.9. The summed E-state index contributed by atoms with van der Waals surface area (Å²) in [4.78, 5) is 18.2. The SMILES string of the molecule is CN[C@@H]1CCN(c2cc(C(F)F)c(C#N)c(Nc3cc(CCC(=O)O)ccc3SC)n2)C1. The number of benzene rings is 1. The van der Waals surface area contributed by atoms with E-state index >= 15 is 0 Å². The highest BCUT2D eigenvalue weighted by atomic mass is 32.2. The first-order chi connectivity index (χ1) is 15.4. The number of anilines is 3. The average Bonchev–Trinajstić information content (AvgIpc) is 3.26. The van der Waals surface area contributed by atoms with Crippen molar-refractivity contribution in [1.29, 1.82) is 5.26 Å². The van der Waals surface area contributed by atoms with Crippen LogP contribution in [0.5, 0.6) is 0 Å². The highest BCUT2D eigenvalue weighted by Crippen LogP contribution is 2.35. The maximum Gasteiger partial charge on any atom is 0.303 e. The van der Waals surface area contributed by atoms with Crippen molar-refractivity contribution in [1.82, 2.24) is 10.3 Å². The summed E-state index contributed by atoms with van der Waals surface area (Å²) in [6.07, 6.45) is 0.230. The number of nitriles is 1. The van der Waals surface area contributed by atoms with Crippen LogP contribution in [0.25, 0.3) is 0 Å². The molecule has 0 radical (unpaired) electrons. The largest absolute Gasteiger partial charge is 0.481 e. The summed E-state index contributed by atoms with van der Waals surface area (Å²) < 4.78 is 27.7. The Balaban J connectivity index is 2.02. The number of aryl methyl sites for hydroxylation is 1. The fourth-order valence-electron chi connectivity index (χ4n) is 3.68. The Labute approximate surface area is 189 Å². The number of alkyl halides is 2. The number of aromatic nitrogens is 1. The summed E-state index contributed by atoms with van der Waals surface area (Å²) in [5.41, 5.74) is 0.820. The van der Waals surface area contributed by atoms with Crippen molar-refractivity contribution in [2.75, 3.05) is 36.6 Å². The predicted molar refractivity (Wildman–Crippen MR) is 121 cm³/mol. The van der Waals surface area contributed by atoms with Crippen LogP contribution in [0.4, 0.5) is 26.1 Å². The van der Waals surface area contributed by atoms with Gasteiger partial charge < -0.3 is 20.6 Å². The molecule has 32 heavy (non-hydrogen) atoms. The molecule has 2 heterocycles. The number of halogens is 2. The van der Waals surface area contributed by atoms with Crippen molar-refractivity contribution in [3.05, 3.63) is 41.0 Å². The van der Waals surface area contributed by atoms with Crippen molar-refractivity contribution in [3.63, 3.8) is 0 Å². The monoisotopic (exact) mass is 461 g/mol. The van der Waals surface area contributed by atoms with Crippen molar-refractivity contribution in [2.45, 2.75) is 36.6 Å². The summed E-state index contributed by atoms with van der Waals surface area (Å²) >= 11 is 1.45. The number of carboxylic acids is 1. The molecule has 3 rings (SSSR count). The van der Waals surface area contributed by atoms with Crippen molar-refractivity contribution in [3.8, 4) is 6.07 Å². The van der Waals surface area contributed by atoms with Gasteiger partial charge in [0.25, 0.3) is 6.43 Å². The molecule has 1 atom stereocenters. The molecule has 0 amide bonds. The summed E-state index contributed by atoms with van der Waals surface area (Å²) in [6.45, 7) is 1.31. The first kappa shape index (κ1) is 23.8. The van der Waals surface area contributed by atoms with Gasteiger partial charge in [-0.05, 0) is 49.9 Å². The highest BCUT2D eigenvalue weighted by molar-refractivity contribution is 7.98. The highest BCUT2D eigenvalue weighted by Gasteiger charge is 2.26. The average molecular weight is 462 g/mol. The maximum atomic E-state index is 13.8. The Bertz CT molecular complexity index is 1030. The van der Waals surface area contributed by atoms with Crippen LogP contribution in [0.15, 0.2) is 29.2 Å². The lowest BCUT2D eigenvalue weighted by Gasteiger charge is -2.21. The number of carbonyl (C=O) groups is 1. The molecule has 0 bridgehead atoms. The minimum atomic E-state index is -2.82. The van der Waals surface area contributed by atoms with Gasteiger partial charge in [0.05, 0.1) is 5.69 Å². The molecule has 1 aliphatic rings. The summed E-state index contributed by atoms with van der Waals surface area (Å²) in [5.74, 6) is -0.437. The van der Waals surface area contributed by atoms with Crippen molar-refractivity contribution >= 4 is 35.1 Å². The topological polar surface area (TPSA) is 101 Å². The third-order valence-corrected chi connectivity index (χ3v) is 6.24. The third-order valence-electron chi connectivity index (χ3n) is 5.45. The minimum absolute atomic E-state index is 0.0215. The second-order valence-electron chi connectivity index (χ2n) is 7.48. The van der Waals surface area contributed by atoms with E-state index in [9.17, 15) is 18.8 Å². The molecule has 0 saturated carbocycles.